The molecule has 0 radical (unpaired) electrons. The Labute approximate surface area is 143 Å². The number of hydrogen-bond donors (Lipinski definition) is 1. The summed E-state index contributed by atoms with van der Waals surface area (Å²) in [6, 6.07) is 4.13. The zero-order chi connectivity index (χ0) is 17.3. The van der Waals surface area contributed by atoms with Crippen LogP contribution in [0.1, 0.15) is 42.9 Å². The van der Waals surface area contributed by atoms with E-state index < -0.39 is 0 Å². The zero-order valence-corrected chi connectivity index (χ0v) is 14.9. The maximum absolute atomic E-state index is 12.7. The van der Waals surface area contributed by atoms with Gasteiger partial charge in [0.15, 0.2) is 0 Å². The molecule has 1 saturated heterocycles. The maximum Gasteiger partial charge on any atom is 0.227 e. The Balaban J connectivity index is 1.71. The van der Waals surface area contributed by atoms with Crippen LogP contribution in [0.25, 0.3) is 11.0 Å². The highest BCUT2D eigenvalue weighted by Gasteiger charge is 2.33. The van der Waals surface area contributed by atoms with Crippen LogP contribution in [-0.4, -0.2) is 35.6 Å². The van der Waals surface area contributed by atoms with E-state index >= 15 is 0 Å². The van der Waals surface area contributed by atoms with E-state index in [0.29, 0.717) is 6.42 Å². The third kappa shape index (κ3) is 2.95. The number of aliphatic hydroxyl groups is 1. The number of piperidine rings is 1. The van der Waals surface area contributed by atoms with Gasteiger partial charge in [0.05, 0.1) is 12.7 Å². The summed E-state index contributed by atoms with van der Waals surface area (Å²) in [6.45, 7) is 7.93. The third-order valence-electron chi connectivity index (χ3n) is 5.95. The van der Waals surface area contributed by atoms with E-state index in [1.807, 2.05) is 11.0 Å². The van der Waals surface area contributed by atoms with Crippen molar-refractivity contribution in [2.24, 2.45) is 5.41 Å². The average molecular weight is 329 g/mol. The minimum Gasteiger partial charge on any atom is -0.464 e. The molecule has 1 aliphatic heterocycles. The van der Waals surface area contributed by atoms with E-state index in [9.17, 15) is 9.90 Å². The van der Waals surface area contributed by atoms with E-state index in [0.717, 1.165) is 54.4 Å². The van der Waals surface area contributed by atoms with Gasteiger partial charge in [-0.25, -0.2) is 0 Å². The van der Waals surface area contributed by atoms with Crippen LogP contribution in [-0.2, 0) is 11.2 Å². The number of aryl methyl sites for hydroxylation is 2. The van der Waals surface area contributed by atoms with Gasteiger partial charge in [-0.2, -0.15) is 0 Å². The summed E-state index contributed by atoms with van der Waals surface area (Å²) in [5.74, 6) is 0.151. The quantitative estimate of drug-likeness (QED) is 0.932. The largest absolute Gasteiger partial charge is 0.464 e. The number of amides is 1. The van der Waals surface area contributed by atoms with Gasteiger partial charge in [-0.15, -0.1) is 0 Å². The lowest BCUT2D eigenvalue weighted by Gasteiger charge is -2.40. The molecule has 0 atom stereocenters. The summed E-state index contributed by atoms with van der Waals surface area (Å²) >= 11 is 0. The van der Waals surface area contributed by atoms with Crippen molar-refractivity contribution in [3.8, 4) is 0 Å². The van der Waals surface area contributed by atoms with Crippen molar-refractivity contribution < 1.29 is 14.3 Å². The summed E-state index contributed by atoms with van der Waals surface area (Å²) in [6.07, 6.45) is 4.85. The molecule has 0 unspecified atom stereocenters. The molecule has 24 heavy (non-hydrogen) atoms. The monoisotopic (exact) mass is 329 g/mol. The van der Waals surface area contributed by atoms with Crippen molar-refractivity contribution >= 4 is 16.9 Å². The Bertz CT molecular complexity index is 733. The van der Waals surface area contributed by atoms with E-state index in [-0.39, 0.29) is 17.9 Å². The number of fused-ring (bicyclic) bond motifs is 1. The number of aliphatic hydroxyl groups excluding tert-OH is 1. The fourth-order valence-electron chi connectivity index (χ4n) is 3.65. The molecule has 3 rings (SSSR count). The van der Waals surface area contributed by atoms with Crippen molar-refractivity contribution in [2.75, 3.05) is 19.7 Å². The maximum atomic E-state index is 12.7. The van der Waals surface area contributed by atoms with Gasteiger partial charge in [0, 0.05) is 30.6 Å². The molecule has 4 heteroatoms. The van der Waals surface area contributed by atoms with Gasteiger partial charge in [-0.3, -0.25) is 4.79 Å². The first-order valence-corrected chi connectivity index (χ1v) is 8.84. The predicted molar refractivity (Wildman–Crippen MR) is 95.0 cm³/mol. The SMILES string of the molecule is CCC1(CO)CCN(C(=O)Cc2coc3c(C)c(C)ccc23)CC1. The highest BCUT2D eigenvalue weighted by Crippen LogP contribution is 2.34. The minimum atomic E-state index is 0.00769. The molecule has 0 bridgehead atoms. The standard InChI is InChI=1S/C20H27NO3/c1-4-20(13-22)7-9-21(10-8-20)18(23)11-16-12-24-19-15(3)14(2)5-6-17(16)19/h5-6,12,22H,4,7-11,13H2,1-3H3. The Morgan fingerprint density at radius 2 is 2.00 bits per heavy atom. The van der Waals surface area contributed by atoms with Gasteiger partial charge in [0.2, 0.25) is 5.91 Å². The molecular weight excluding hydrogens is 302 g/mol. The van der Waals surface area contributed by atoms with Gasteiger partial charge in [0.25, 0.3) is 0 Å². The van der Waals surface area contributed by atoms with Crippen molar-refractivity contribution in [3.63, 3.8) is 0 Å². The van der Waals surface area contributed by atoms with E-state index in [2.05, 4.69) is 26.8 Å². The van der Waals surface area contributed by atoms with Crippen molar-refractivity contribution in [1.82, 2.24) is 4.90 Å². The van der Waals surface area contributed by atoms with Gasteiger partial charge >= 0.3 is 0 Å². The molecule has 1 N–H and O–H groups in total. The first-order chi connectivity index (χ1) is 11.5. The molecule has 1 amide bonds. The second-order valence-electron chi connectivity index (χ2n) is 7.21. The number of furan rings is 1. The lowest BCUT2D eigenvalue weighted by atomic mass is 9.77. The molecule has 1 aromatic heterocycles. The second-order valence-corrected chi connectivity index (χ2v) is 7.21. The Hall–Kier alpha value is -1.81. The highest BCUT2D eigenvalue weighted by molar-refractivity contribution is 5.89. The molecule has 1 aliphatic rings. The van der Waals surface area contributed by atoms with Crippen LogP contribution in [0.3, 0.4) is 0 Å². The fourth-order valence-corrected chi connectivity index (χ4v) is 3.65. The Morgan fingerprint density at radius 1 is 1.29 bits per heavy atom. The highest BCUT2D eigenvalue weighted by atomic mass is 16.3. The zero-order valence-electron chi connectivity index (χ0n) is 14.9. The predicted octanol–water partition coefficient (Wildman–Crippen LogP) is 3.60. The number of rotatable bonds is 4. The number of benzene rings is 1. The summed E-state index contributed by atoms with van der Waals surface area (Å²) in [7, 11) is 0. The van der Waals surface area contributed by atoms with Crippen LogP contribution in [0.15, 0.2) is 22.8 Å². The van der Waals surface area contributed by atoms with Crippen LogP contribution < -0.4 is 0 Å². The molecule has 0 spiro atoms. The molecule has 1 fully saturated rings. The van der Waals surface area contributed by atoms with Crippen molar-refractivity contribution in [3.05, 3.63) is 35.1 Å². The third-order valence-corrected chi connectivity index (χ3v) is 5.95. The molecular formula is C20H27NO3. The van der Waals surface area contributed by atoms with E-state index in [4.69, 9.17) is 4.42 Å². The fraction of sp³-hybridized carbons (Fsp3) is 0.550. The van der Waals surface area contributed by atoms with Gasteiger partial charge < -0.3 is 14.4 Å². The Kier molecular flexibility index (Phi) is 4.68. The lowest BCUT2D eigenvalue weighted by molar-refractivity contribution is -0.133. The molecule has 4 nitrogen and oxygen atoms in total. The number of carbonyl (C=O) groups is 1. The summed E-state index contributed by atoms with van der Waals surface area (Å²) in [5, 5.41) is 10.7. The number of hydrogen-bond acceptors (Lipinski definition) is 3. The average Bonchev–Trinajstić information content (AvgIpc) is 3.01. The first-order valence-electron chi connectivity index (χ1n) is 8.84. The molecule has 130 valence electrons. The molecule has 2 aromatic rings. The molecule has 2 heterocycles. The molecule has 1 aromatic carbocycles. The van der Waals surface area contributed by atoms with Gasteiger partial charge in [-0.1, -0.05) is 19.1 Å². The van der Waals surface area contributed by atoms with Crippen LogP contribution >= 0.6 is 0 Å². The van der Waals surface area contributed by atoms with Crippen LogP contribution in [0.4, 0.5) is 0 Å². The number of likely N-dealkylation sites (tertiary alicyclic amines) is 1. The van der Waals surface area contributed by atoms with Gasteiger partial charge in [-0.05, 0) is 49.7 Å². The van der Waals surface area contributed by atoms with Gasteiger partial charge in [0.1, 0.15) is 5.58 Å². The first kappa shape index (κ1) is 17.0. The molecule has 0 saturated carbocycles. The number of carbonyl (C=O) groups excluding carboxylic acids is 1. The summed E-state index contributed by atoms with van der Waals surface area (Å²) in [4.78, 5) is 14.6. The lowest BCUT2D eigenvalue weighted by Crippen LogP contribution is -2.44. The van der Waals surface area contributed by atoms with Crippen LogP contribution in [0.2, 0.25) is 0 Å². The smallest absolute Gasteiger partial charge is 0.227 e. The summed E-state index contributed by atoms with van der Waals surface area (Å²) in [5.41, 5.74) is 4.20. The van der Waals surface area contributed by atoms with Crippen molar-refractivity contribution in [1.29, 1.82) is 0 Å². The molecule has 0 aliphatic carbocycles. The Morgan fingerprint density at radius 3 is 2.62 bits per heavy atom. The van der Waals surface area contributed by atoms with Crippen LogP contribution in [0, 0.1) is 19.3 Å². The van der Waals surface area contributed by atoms with E-state index in [1.165, 1.54) is 5.56 Å². The van der Waals surface area contributed by atoms with E-state index in [1.54, 1.807) is 6.26 Å². The minimum absolute atomic E-state index is 0.00769. The summed E-state index contributed by atoms with van der Waals surface area (Å²) < 4.78 is 5.71. The topological polar surface area (TPSA) is 53.7 Å². The van der Waals surface area contributed by atoms with Crippen LogP contribution in [0.5, 0.6) is 0 Å². The number of nitrogens with zero attached hydrogens (tertiary/aromatic N) is 1. The normalized spacial score (nSPS) is 17.4. The second kappa shape index (κ2) is 6.60. The van der Waals surface area contributed by atoms with Crippen molar-refractivity contribution in [2.45, 2.75) is 46.5 Å².